The summed E-state index contributed by atoms with van der Waals surface area (Å²) in [7, 11) is 2.14. The summed E-state index contributed by atoms with van der Waals surface area (Å²) in [4.78, 5) is 96.2. The number of ether oxygens (including phenoxy) is 2. The number of aliphatic hydroxyl groups excluding tert-OH is 1. The minimum atomic E-state index is -0.904. The number of amides is 6. The number of cyclic esters (lactones) is 1. The second-order valence-corrected chi connectivity index (χ2v) is 20.1. The normalized spacial score (nSPS) is 23.4. The molecule has 4 heterocycles. The minimum absolute atomic E-state index is 0.135. The summed E-state index contributed by atoms with van der Waals surface area (Å²) in [5.41, 5.74) is 3.13. The highest BCUT2D eigenvalue weighted by Crippen LogP contribution is 2.27. The van der Waals surface area contributed by atoms with Gasteiger partial charge in [-0.25, -0.2) is 4.79 Å². The van der Waals surface area contributed by atoms with Crippen molar-refractivity contribution in [2.45, 2.75) is 123 Å². The number of benzene rings is 1. The summed E-state index contributed by atoms with van der Waals surface area (Å²) in [6, 6.07) is 7.55. The fraction of sp³-hybridized carbons (Fsp3) is 0.538. The van der Waals surface area contributed by atoms with Crippen LogP contribution in [-0.2, 0) is 44.8 Å². The van der Waals surface area contributed by atoms with E-state index in [1.54, 1.807) is 30.3 Å². The largest absolute Gasteiger partial charge is 0.457 e. The average molecular weight is 990 g/mol. The van der Waals surface area contributed by atoms with Gasteiger partial charge in [-0.15, -0.1) is 0 Å². The Bertz CT molecular complexity index is 2260. The molecule has 3 aliphatic rings. The molecule has 380 valence electrons. The van der Waals surface area contributed by atoms with Gasteiger partial charge in [0, 0.05) is 54.7 Å². The summed E-state index contributed by atoms with van der Waals surface area (Å²) in [5, 5.41) is 19.6. The monoisotopic (exact) mass is 988 g/mol. The Morgan fingerprint density at radius 3 is 2.29 bits per heavy atom. The lowest BCUT2D eigenvalue weighted by atomic mass is 9.91. The smallest absolute Gasteiger partial charge is 0.410 e. The molecule has 18 heteroatoms. The van der Waals surface area contributed by atoms with Crippen molar-refractivity contribution in [1.29, 1.82) is 0 Å². The van der Waals surface area contributed by atoms with Gasteiger partial charge in [-0.1, -0.05) is 70.0 Å². The summed E-state index contributed by atoms with van der Waals surface area (Å²) in [5.74, 6) is -3.01. The third-order valence-corrected chi connectivity index (χ3v) is 13.3. The number of carbonyl (C=O) groups is 7. The van der Waals surface area contributed by atoms with E-state index in [0.717, 1.165) is 16.7 Å². The first kappa shape index (κ1) is 55.0. The number of aliphatic hydroxyl groups is 1. The molecule has 1 aromatic heterocycles. The highest BCUT2D eigenvalue weighted by Gasteiger charge is 2.34. The number of carbonyl (C=O) groups excluding carboxylic acids is 7. The van der Waals surface area contributed by atoms with E-state index in [9.17, 15) is 38.7 Å². The van der Waals surface area contributed by atoms with Crippen LogP contribution in [0.25, 0.3) is 6.08 Å². The lowest BCUT2D eigenvalue weighted by Gasteiger charge is -2.42. The van der Waals surface area contributed by atoms with Gasteiger partial charge in [-0.3, -0.25) is 43.6 Å². The number of likely N-dealkylation sites (N-methyl/N-ethyl adjacent to an activating group) is 1. The number of hydrogen-bond acceptors (Lipinski definition) is 11. The number of nitrogens with zero attached hydrogens (tertiary/aromatic N) is 4. The van der Waals surface area contributed by atoms with Gasteiger partial charge in [-0.05, 0) is 86.8 Å². The number of hydrogen-bond donors (Lipinski definition) is 4. The van der Waals surface area contributed by atoms with E-state index in [1.807, 2.05) is 77.1 Å². The molecule has 0 saturated carbocycles. The van der Waals surface area contributed by atoms with Crippen LogP contribution in [0.2, 0.25) is 5.02 Å². The predicted octanol–water partition coefficient (Wildman–Crippen LogP) is 5.96. The van der Waals surface area contributed by atoms with E-state index in [2.05, 4.69) is 28.0 Å². The van der Waals surface area contributed by atoms with Gasteiger partial charge in [0.25, 0.3) is 11.8 Å². The van der Waals surface area contributed by atoms with E-state index >= 15 is 0 Å². The number of anilines is 1. The summed E-state index contributed by atoms with van der Waals surface area (Å²) in [6.45, 7) is 14.3. The van der Waals surface area contributed by atoms with Crippen LogP contribution in [0.5, 0.6) is 0 Å². The Morgan fingerprint density at radius 1 is 0.943 bits per heavy atom. The number of aromatic nitrogens is 1. The van der Waals surface area contributed by atoms with Crippen molar-refractivity contribution in [2.24, 2.45) is 17.8 Å². The van der Waals surface area contributed by atoms with Crippen LogP contribution in [0.1, 0.15) is 97.6 Å². The molecule has 0 radical (unpaired) electrons. The van der Waals surface area contributed by atoms with Crippen LogP contribution in [0, 0.1) is 17.8 Å². The third-order valence-electron chi connectivity index (χ3n) is 13.1. The number of rotatable bonds is 17. The number of nitrogens with one attached hydrogen (secondary N) is 3. The Morgan fingerprint density at radius 2 is 1.63 bits per heavy atom. The first-order valence-electron chi connectivity index (χ1n) is 24.4. The molecule has 0 spiro atoms. The lowest BCUT2D eigenvalue weighted by molar-refractivity contribution is -0.926. The molecule has 0 bridgehead atoms. The summed E-state index contributed by atoms with van der Waals surface area (Å²) >= 11 is 6.16. The molecule has 2 aromatic rings. The zero-order valence-electron chi connectivity index (χ0n) is 41.5. The highest BCUT2D eigenvalue weighted by molar-refractivity contribution is 6.30. The van der Waals surface area contributed by atoms with Gasteiger partial charge < -0.3 is 35.0 Å². The Balaban J connectivity index is 1.08. The predicted molar refractivity (Wildman–Crippen MR) is 265 cm³/mol. The van der Waals surface area contributed by atoms with Gasteiger partial charge in [0.05, 0.1) is 50.8 Å². The van der Waals surface area contributed by atoms with Crippen LogP contribution < -0.4 is 16.0 Å². The molecule has 0 aliphatic carbocycles. The number of imide groups is 1. The summed E-state index contributed by atoms with van der Waals surface area (Å²) in [6.07, 6.45) is 11.4. The van der Waals surface area contributed by atoms with Crippen molar-refractivity contribution >= 4 is 65.0 Å². The number of piperazine rings is 1. The van der Waals surface area contributed by atoms with E-state index in [0.29, 0.717) is 86.6 Å². The molecule has 6 amide bonds. The van der Waals surface area contributed by atoms with Crippen molar-refractivity contribution in [3.8, 4) is 0 Å². The maximum atomic E-state index is 13.7. The van der Waals surface area contributed by atoms with Crippen LogP contribution >= 0.6 is 11.6 Å². The maximum absolute atomic E-state index is 13.7. The van der Waals surface area contributed by atoms with E-state index in [1.165, 1.54) is 17.1 Å². The third kappa shape index (κ3) is 16.6. The van der Waals surface area contributed by atoms with Crippen molar-refractivity contribution in [3.05, 3.63) is 88.8 Å². The van der Waals surface area contributed by atoms with Crippen molar-refractivity contribution in [3.63, 3.8) is 0 Å². The van der Waals surface area contributed by atoms with E-state index < -0.39 is 54.3 Å². The molecular weight excluding hydrogens is 918 g/mol. The van der Waals surface area contributed by atoms with Gasteiger partial charge in [0.2, 0.25) is 17.7 Å². The zero-order valence-corrected chi connectivity index (χ0v) is 42.3. The molecule has 4 N–H and O–H groups in total. The van der Waals surface area contributed by atoms with Crippen LogP contribution in [0.3, 0.4) is 0 Å². The zero-order chi connectivity index (χ0) is 51.1. The molecular formula is C52H71ClN7O10+. The van der Waals surface area contributed by atoms with Gasteiger partial charge >= 0.3 is 12.1 Å². The molecule has 3 aliphatic heterocycles. The maximum Gasteiger partial charge on any atom is 0.410 e. The minimum Gasteiger partial charge on any atom is -0.457 e. The number of quaternary nitrogens is 1. The number of pyridine rings is 1. The van der Waals surface area contributed by atoms with E-state index in [-0.39, 0.29) is 48.3 Å². The molecule has 1 saturated heterocycles. The second-order valence-electron chi connectivity index (χ2n) is 19.6. The highest BCUT2D eigenvalue weighted by atomic mass is 35.5. The molecule has 0 unspecified atom stereocenters. The lowest BCUT2D eigenvalue weighted by Crippen LogP contribution is -2.58. The fourth-order valence-electron chi connectivity index (χ4n) is 8.70. The SMILES string of the molecule is C/C(=C\c1cncc(Cl)c1)[C@H]1OC(=O)C[C@H](O)CC[C@H](C)[C@@H](OC(=O)N2CC[N+](C)(Cc3ccc(NC(=O)[C@H](C)NC(=O)[C@@H](NC(=O)CCCCCN4C(=O)C=CC4=O)C(C)C)cc3)CC2)/C=C/[C@@H]1C. The molecule has 1 aromatic carbocycles. The first-order valence-corrected chi connectivity index (χ1v) is 24.7. The molecule has 70 heavy (non-hydrogen) atoms. The Kier molecular flexibility index (Phi) is 20.3. The van der Waals surface area contributed by atoms with Gasteiger partial charge in [0.1, 0.15) is 30.8 Å². The van der Waals surface area contributed by atoms with Gasteiger partial charge in [0.15, 0.2) is 0 Å². The number of esters is 1. The van der Waals surface area contributed by atoms with Crippen LogP contribution in [0.15, 0.2) is 72.6 Å². The van der Waals surface area contributed by atoms with Gasteiger partial charge in [-0.2, -0.15) is 0 Å². The van der Waals surface area contributed by atoms with Crippen molar-refractivity contribution in [2.75, 3.05) is 45.1 Å². The Labute approximate surface area is 416 Å². The van der Waals surface area contributed by atoms with Crippen molar-refractivity contribution < 1.29 is 52.6 Å². The van der Waals surface area contributed by atoms with Crippen LogP contribution in [0.4, 0.5) is 10.5 Å². The summed E-state index contributed by atoms with van der Waals surface area (Å²) < 4.78 is 12.8. The molecule has 7 atom stereocenters. The van der Waals surface area contributed by atoms with Crippen LogP contribution in [-0.4, -0.2) is 136 Å². The van der Waals surface area contributed by atoms with E-state index in [4.69, 9.17) is 21.1 Å². The quantitative estimate of drug-likeness (QED) is 0.0477. The number of unbranched alkanes of at least 4 members (excludes halogenated alkanes) is 2. The molecule has 5 rings (SSSR count). The molecule has 1 fully saturated rings. The number of halogens is 1. The average Bonchev–Trinajstić information content (AvgIpc) is 3.63. The topological polar surface area (TPSA) is 214 Å². The fourth-order valence-corrected chi connectivity index (χ4v) is 8.88. The second kappa shape index (κ2) is 25.8. The standard InChI is InChI=1S/C52H70ClN7O10/c1-33(2)48(57-44(62)11-9-8-10-22-59-45(63)20-21-46(59)64)51(67)55-37(6)50(66)56-41-16-14-38(15-17-41)32-60(7)25-23-58(24-26-60)52(68)69-43-19-13-35(4)49(36(5)27-39-28-40(53)31-54-30-39)70-47(65)29-42(61)18-12-34(43)3/h13-17,19-21,27-28,30-31,33-35,37,42-43,48-49,61H,8-12,18,22-26,29,32H2,1-7H3,(H2-,55,56,57,62,66,67)/p+1/b19-13+,36-27+/t34-,35-,37-,42+,43-,48-,49-/m0/s1. The first-order chi connectivity index (χ1) is 33.2. The molecule has 17 nitrogen and oxygen atoms in total. The van der Waals surface area contributed by atoms with Crippen molar-refractivity contribution in [1.82, 2.24) is 25.4 Å². The Hall–Kier alpha value is -5.91.